The molecule has 1 saturated carbocycles. The number of carbonyl (C=O) groups excluding carboxylic acids is 1. The molecule has 2 fully saturated rings. The molecule has 2 atom stereocenters. The number of rotatable bonds is 2. The highest BCUT2D eigenvalue weighted by atomic mass is 16.5. The van der Waals surface area contributed by atoms with Crippen molar-refractivity contribution < 1.29 is 9.53 Å². The molecule has 0 aromatic carbocycles. The average molecular weight is 408 g/mol. The van der Waals surface area contributed by atoms with Crippen molar-refractivity contribution in [1.29, 1.82) is 0 Å². The molecule has 0 spiro atoms. The predicted octanol–water partition coefficient (Wildman–Crippen LogP) is 1.91. The van der Waals surface area contributed by atoms with Gasteiger partial charge in [-0.25, -0.2) is 9.48 Å². The van der Waals surface area contributed by atoms with E-state index in [1.807, 2.05) is 23.1 Å². The molecular weight excluding hydrogens is 384 g/mol. The maximum absolute atomic E-state index is 13.2. The SMILES string of the molecule is Cn1nc2cc(N3CCOc4cc(C(=O)N5CCCC6(C)CC56)[nH]c43)ccn2c1=O. The third kappa shape index (κ3) is 2.44. The van der Waals surface area contributed by atoms with Crippen molar-refractivity contribution in [2.24, 2.45) is 12.5 Å². The highest BCUT2D eigenvalue weighted by Gasteiger charge is 2.56. The predicted molar refractivity (Wildman–Crippen MR) is 111 cm³/mol. The lowest BCUT2D eigenvalue weighted by molar-refractivity contribution is 0.0669. The van der Waals surface area contributed by atoms with E-state index in [1.165, 1.54) is 15.5 Å². The smallest absolute Gasteiger partial charge is 0.350 e. The van der Waals surface area contributed by atoms with Crippen LogP contribution in [0.2, 0.25) is 0 Å². The lowest BCUT2D eigenvalue weighted by Crippen LogP contribution is -2.39. The van der Waals surface area contributed by atoms with Crippen molar-refractivity contribution in [2.45, 2.75) is 32.2 Å². The van der Waals surface area contributed by atoms with Crippen LogP contribution in [0.25, 0.3) is 5.65 Å². The molecule has 30 heavy (non-hydrogen) atoms. The number of likely N-dealkylation sites (tertiary alicyclic amines) is 1. The van der Waals surface area contributed by atoms with E-state index >= 15 is 0 Å². The molecule has 2 unspecified atom stereocenters. The number of aryl methyl sites for hydroxylation is 1. The van der Waals surface area contributed by atoms with Gasteiger partial charge < -0.3 is 19.5 Å². The summed E-state index contributed by atoms with van der Waals surface area (Å²) in [5.74, 6) is 1.49. The number of hydrogen-bond donors (Lipinski definition) is 1. The number of H-pyrrole nitrogens is 1. The van der Waals surface area contributed by atoms with E-state index in [2.05, 4.69) is 21.9 Å². The summed E-state index contributed by atoms with van der Waals surface area (Å²) in [6.45, 7) is 4.25. The zero-order valence-electron chi connectivity index (χ0n) is 17.1. The maximum Gasteiger partial charge on any atom is 0.350 e. The summed E-state index contributed by atoms with van der Waals surface area (Å²) in [5, 5.41) is 4.28. The van der Waals surface area contributed by atoms with Crippen LogP contribution in [0.5, 0.6) is 5.75 Å². The van der Waals surface area contributed by atoms with Gasteiger partial charge >= 0.3 is 5.69 Å². The molecule has 3 aromatic heterocycles. The van der Waals surface area contributed by atoms with Crippen LogP contribution in [0, 0.1) is 5.41 Å². The first-order chi connectivity index (χ1) is 14.4. The van der Waals surface area contributed by atoms with Crippen LogP contribution in [0.15, 0.2) is 29.2 Å². The van der Waals surface area contributed by atoms with Crippen LogP contribution in [0.3, 0.4) is 0 Å². The first-order valence-electron chi connectivity index (χ1n) is 10.4. The van der Waals surface area contributed by atoms with Crippen molar-refractivity contribution in [3.8, 4) is 5.75 Å². The van der Waals surface area contributed by atoms with Gasteiger partial charge in [0, 0.05) is 43.7 Å². The van der Waals surface area contributed by atoms with Crippen molar-refractivity contribution in [3.63, 3.8) is 0 Å². The van der Waals surface area contributed by atoms with Gasteiger partial charge in [-0.2, -0.15) is 5.10 Å². The van der Waals surface area contributed by atoms with Crippen molar-refractivity contribution >= 4 is 23.1 Å². The van der Waals surface area contributed by atoms with Gasteiger partial charge in [-0.3, -0.25) is 9.20 Å². The summed E-state index contributed by atoms with van der Waals surface area (Å²) in [6.07, 6.45) is 5.10. The first kappa shape index (κ1) is 17.6. The van der Waals surface area contributed by atoms with E-state index in [0.29, 0.717) is 41.7 Å². The third-order valence-corrected chi connectivity index (χ3v) is 6.89. The van der Waals surface area contributed by atoms with Crippen LogP contribution in [0.1, 0.15) is 36.7 Å². The number of aromatic nitrogens is 4. The normalized spacial score (nSPS) is 25.1. The number of nitrogens with one attached hydrogen (secondary N) is 1. The molecule has 2 aliphatic heterocycles. The molecule has 3 aromatic rings. The Labute approximate surface area is 172 Å². The molecule has 1 saturated heterocycles. The number of fused-ring (bicyclic) bond motifs is 3. The number of ether oxygens (including phenoxy) is 1. The van der Waals surface area contributed by atoms with Gasteiger partial charge in [0.25, 0.3) is 5.91 Å². The molecule has 0 radical (unpaired) electrons. The molecule has 156 valence electrons. The summed E-state index contributed by atoms with van der Waals surface area (Å²) in [6, 6.07) is 5.94. The molecule has 6 rings (SSSR count). The van der Waals surface area contributed by atoms with Crippen LogP contribution in [0.4, 0.5) is 11.5 Å². The summed E-state index contributed by atoms with van der Waals surface area (Å²) in [5.41, 5.74) is 2.17. The van der Waals surface area contributed by atoms with Crippen molar-refractivity contribution in [2.75, 3.05) is 24.6 Å². The molecule has 9 nitrogen and oxygen atoms in total. The second-order valence-corrected chi connectivity index (χ2v) is 8.89. The minimum atomic E-state index is -0.180. The maximum atomic E-state index is 13.2. The Morgan fingerprint density at radius 1 is 1.33 bits per heavy atom. The average Bonchev–Trinajstić information content (AvgIpc) is 3.11. The number of piperidine rings is 1. The zero-order chi connectivity index (χ0) is 20.6. The van der Waals surface area contributed by atoms with Crippen LogP contribution in [-0.2, 0) is 7.05 Å². The Balaban J connectivity index is 1.34. The Bertz CT molecular complexity index is 1240. The summed E-state index contributed by atoms with van der Waals surface area (Å²) in [7, 11) is 1.64. The Kier molecular flexibility index (Phi) is 3.46. The first-order valence-corrected chi connectivity index (χ1v) is 10.4. The number of pyridine rings is 1. The van der Waals surface area contributed by atoms with E-state index in [4.69, 9.17) is 4.74 Å². The zero-order valence-corrected chi connectivity index (χ0v) is 17.1. The van der Waals surface area contributed by atoms with Gasteiger partial charge in [0.2, 0.25) is 0 Å². The molecule has 1 N–H and O–H groups in total. The Morgan fingerprint density at radius 2 is 2.20 bits per heavy atom. The quantitative estimate of drug-likeness (QED) is 0.700. The molecule has 0 bridgehead atoms. The van der Waals surface area contributed by atoms with Crippen molar-refractivity contribution in [3.05, 3.63) is 40.6 Å². The highest BCUT2D eigenvalue weighted by molar-refractivity contribution is 5.95. The Morgan fingerprint density at radius 3 is 3.07 bits per heavy atom. The van der Waals surface area contributed by atoms with E-state index in [0.717, 1.165) is 30.9 Å². The van der Waals surface area contributed by atoms with Gasteiger partial charge in [-0.05, 0) is 30.7 Å². The van der Waals surface area contributed by atoms with Crippen LogP contribution < -0.4 is 15.3 Å². The van der Waals surface area contributed by atoms with E-state index in [-0.39, 0.29) is 11.6 Å². The van der Waals surface area contributed by atoms with Gasteiger partial charge in [-0.15, -0.1) is 0 Å². The van der Waals surface area contributed by atoms with E-state index in [1.54, 1.807) is 13.2 Å². The highest BCUT2D eigenvalue weighted by Crippen LogP contribution is 2.55. The third-order valence-electron chi connectivity index (χ3n) is 6.89. The fourth-order valence-electron chi connectivity index (χ4n) is 5.05. The van der Waals surface area contributed by atoms with Crippen LogP contribution in [-0.4, -0.2) is 55.7 Å². The van der Waals surface area contributed by atoms with E-state index < -0.39 is 0 Å². The second-order valence-electron chi connectivity index (χ2n) is 8.89. The van der Waals surface area contributed by atoms with Gasteiger partial charge in [0.1, 0.15) is 12.3 Å². The number of carbonyl (C=O) groups is 1. The molecule has 1 amide bonds. The fraction of sp³-hybridized carbons (Fsp3) is 0.476. The number of hydrogen-bond acceptors (Lipinski definition) is 5. The van der Waals surface area contributed by atoms with Crippen molar-refractivity contribution in [1.82, 2.24) is 24.1 Å². The molecular formula is C21H24N6O3. The van der Waals surface area contributed by atoms with Gasteiger partial charge in [-0.1, -0.05) is 6.92 Å². The molecule has 3 aliphatic rings. The number of amides is 1. The standard InChI is InChI=1S/C21H24N6O3/c1-21-5-3-6-26(16(21)12-21)19(28)14-11-15-18(22-14)25(8-9-30-15)13-4-7-27-17(10-13)23-24(2)20(27)29/h4,7,10-11,16,22H,3,5-6,8-9,12H2,1-2H3. The summed E-state index contributed by atoms with van der Waals surface area (Å²) >= 11 is 0. The number of anilines is 2. The largest absolute Gasteiger partial charge is 0.488 e. The van der Waals surface area contributed by atoms with E-state index in [9.17, 15) is 9.59 Å². The molecule has 5 heterocycles. The topological polar surface area (TPSA) is 87.9 Å². The summed E-state index contributed by atoms with van der Waals surface area (Å²) in [4.78, 5) is 32.7. The second kappa shape index (κ2) is 5.90. The van der Waals surface area contributed by atoms with Gasteiger partial charge in [0.05, 0.1) is 6.54 Å². The fourth-order valence-corrected chi connectivity index (χ4v) is 5.05. The Hall–Kier alpha value is -3.23. The number of nitrogens with zero attached hydrogens (tertiary/aromatic N) is 5. The minimum absolute atomic E-state index is 0.0492. The van der Waals surface area contributed by atoms with Crippen LogP contribution >= 0.6 is 0 Å². The lowest BCUT2D eigenvalue weighted by Gasteiger charge is -2.30. The number of aromatic amines is 1. The van der Waals surface area contributed by atoms with Gasteiger partial charge in [0.15, 0.2) is 17.2 Å². The summed E-state index contributed by atoms with van der Waals surface area (Å²) < 4.78 is 8.67. The monoisotopic (exact) mass is 408 g/mol. The minimum Gasteiger partial charge on any atom is -0.488 e. The molecule has 1 aliphatic carbocycles. The molecule has 9 heteroatoms. The lowest BCUT2D eigenvalue weighted by atomic mass is 9.98.